The van der Waals surface area contributed by atoms with Crippen molar-refractivity contribution in [2.45, 2.75) is 17.7 Å². The fourth-order valence-electron chi connectivity index (χ4n) is 0.193. The highest BCUT2D eigenvalue weighted by Gasteiger charge is 2.48. The summed E-state index contributed by atoms with van der Waals surface area (Å²) in [4.78, 5) is 0. The molecule has 10 heavy (non-hydrogen) atoms. The largest absolute Gasteiger partial charge is 0.300 e. The van der Waals surface area contributed by atoms with Gasteiger partial charge >= 0.3 is 0 Å². The lowest BCUT2D eigenvalue weighted by Crippen LogP contribution is -2.37. The second-order valence-electron chi connectivity index (χ2n) is 1.48. The average Bonchev–Trinajstić information content (AvgIpc) is 1.85. The van der Waals surface area contributed by atoms with Crippen LogP contribution in [0.3, 0.4) is 0 Å². The zero-order valence-electron chi connectivity index (χ0n) is 4.49. The maximum Gasteiger partial charge on any atom is 0.300 e. The van der Waals surface area contributed by atoms with Crippen LogP contribution in [-0.2, 0) is 0 Å². The molecule has 0 N–H and O–H groups in total. The van der Waals surface area contributed by atoms with Crippen molar-refractivity contribution < 1.29 is 17.6 Å². The van der Waals surface area contributed by atoms with Crippen LogP contribution in [0.25, 0.3) is 0 Å². The van der Waals surface area contributed by atoms with Gasteiger partial charge in [-0.1, -0.05) is 11.6 Å². The Balaban J connectivity index is 4.43. The van der Waals surface area contributed by atoms with Crippen LogP contribution in [0.1, 0.15) is 0 Å². The Hall–Kier alpha value is -0.500. The third-order valence-corrected chi connectivity index (χ3v) is 1.12. The summed E-state index contributed by atoms with van der Waals surface area (Å²) in [6.07, 6.45) is -3.73. The second kappa shape index (κ2) is 3.06. The number of hydrogen-bond donors (Lipinski definition) is 0. The van der Waals surface area contributed by atoms with Crippen molar-refractivity contribution >= 4 is 11.6 Å². The average molecular weight is 176 g/mol. The quantitative estimate of drug-likeness (QED) is 0.465. The van der Waals surface area contributed by atoms with Crippen molar-refractivity contribution in [3.8, 4) is 6.07 Å². The minimum Gasteiger partial charge on any atom is -0.225 e. The monoisotopic (exact) mass is 175 g/mol. The summed E-state index contributed by atoms with van der Waals surface area (Å²) in [5, 5.41) is 7.70. The molecule has 0 aliphatic carbocycles. The van der Waals surface area contributed by atoms with Crippen LogP contribution < -0.4 is 0 Å². The van der Waals surface area contributed by atoms with Crippen molar-refractivity contribution in [2.24, 2.45) is 0 Å². The van der Waals surface area contributed by atoms with E-state index >= 15 is 0 Å². The molecule has 0 aromatic heterocycles. The molecule has 0 bridgehead atoms. The molecular weight excluding hydrogens is 173 g/mol. The molecule has 0 saturated carbocycles. The van der Waals surface area contributed by atoms with Crippen LogP contribution >= 0.6 is 11.6 Å². The van der Waals surface area contributed by atoms with E-state index in [2.05, 4.69) is 11.6 Å². The lowest BCUT2D eigenvalue weighted by Gasteiger charge is -2.14. The molecule has 0 rings (SSSR count). The van der Waals surface area contributed by atoms with Gasteiger partial charge in [0.15, 0.2) is 0 Å². The Labute approximate surface area is 59.2 Å². The lowest BCUT2D eigenvalue weighted by atomic mass is 10.1. The molecule has 0 saturated heterocycles. The summed E-state index contributed by atoms with van der Waals surface area (Å²) in [5.74, 6) is 0. The molecule has 1 nitrogen and oxygen atoms in total. The predicted molar refractivity (Wildman–Crippen MR) is 26.2 cm³/mol. The molecule has 0 spiro atoms. The summed E-state index contributed by atoms with van der Waals surface area (Å²) in [5.41, 5.74) is -6.89. The van der Waals surface area contributed by atoms with Crippen LogP contribution in [0.5, 0.6) is 0 Å². The van der Waals surface area contributed by atoms with Crippen molar-refractivity contribution in [3.63, 3.8) is 0 Å². The molecule has 58 valence electrons. The van der Waals surface area contributed by atoms with Gasteiger partial charge in [0.1, 0.15) is 6.07 Å². The third-order valence-electron chi connectivity index (χ3n) is 0.807. The Morgan fingerprint density at radius 2 is 1.80 bits per heavy atom. The molecule has 0 heterocycles. The molecule has 0 aliphatic heterocycles. The first kappa shape index (κ1) is 9.50. The molecule has 2 atom stereocenters. The molecule has 0 amide bonds. The third kappa shape index (κ3) is 1.51. The number of rotatable bonds is 2. The van der Waals surface area contributed by atoms with Crippen LogP contribution in [0.4, 0.5) is 17.6 Å². The predicted octanol–water partition coefficient (Wildman–Crippen LogP) is 2.02. The molecule has 2 unspecified atom stereocenters. The molecule has 6 heteroatoms. The van der Waals surface area contributed by atoms with Gasteiger partial charge in [0, 0.05) is 0 Å². The maximum absolute atomic E-state index is 12.1. The van der Waals surface area contributed by atoms with E-state index in [9.17, 15) is 17.6 Å². The number of hydrogen-bond acceptors (Lipinski definition) is 1. The van der Waals surface area contributed by atoms with Gasteiger partial charge in [-0.3, -0.25) is 0 Å². The summed E-state index contributed by atoms with van der Waals surface area (Å²) < 4.78 is 46.7. The van der Waals surface area contributed by atoms with Gasteiger partial charge in [-0.25, -0.2) is 17.6 Å². The van der Waals surface area contributed by atoms with E-state index in [-0.39, 0.29) is 0 Å². The number of nitriles is 1. The molecule has 0 aromatic carbocycles. The minimum absolute atomic E-state index is 0.454. The topological polar surface area (TPSA) is 23.8 Å². The fraction of sp³-hybridized carbons (Fsp3) is 0.750. The van der Waals surface area contributed by atoms with Crippen LogP contribution in [0, 0.1) is 11.3 Å². The normalized spacial score (nSPS) is 19.7. The molecule has 0 radical (unpaired) electrons. The number of halogens is 5. The lowest BCUT2D eigenvalue weighted by molar-refractivity contribution is -0.0223. The van der Waals surface area contributed by atoms with Gasteiger partial charge in [0.05, 0.1) is 0 Å². The second-order valence-corrected chi connectivity index (χ2v) is 1.86. The minimum atomic E-state index is -3.89. The molecular formula is C4H2ClF4N. The summed E-state index contributed by atoms with van der Waals surface area (Å²) in [6, 6.07) is 0.454. The maximum atomic E-state index is 12.1. The highest BCUT2D eigenvalue weighted by atomic mass is 35.5. The molecule has 0 fully saturated rings. The van der Waals surface area contributed by atoms with E-state index in [1.807, 2.05) is 0 Å². The van der Waals surface area contributed by atoms with Gasteiger partial charge in [-0.05, 0) is 0 Å². The summed E-state index contributed by atoms with van der Waals surface area (Å²) in [7, 11) is 0. The standard InChI is InChI=1S/C4H2ClF4N/c5-2(6)4(9,1-10)3(7)8/h2-3H. The van der Waals surface area contributed by atoms with Crippen LogP contribution in [0.15, 0.2) is 0 Å². The van der Waals surface area contributed by atoms with Gasteiger partial charge in [-0.2, -0.15) is 5.26 Å². The first-order valence-corrected chi connectivity index (χ1v) is 2.55. The van der Waals surface area contributed by atoms with E-state index in [1.165, 1.54) is 0 Å². The zero-order chi connectivity index (χ0) is 8.36. The smallest absolute Gasteiger partial charge is 0.225 e. The number of nitrogens with zero attached hydrogens (tertiary/aromatic N) is 1. The first-order valence-electron chi connectivity index (χ1n) is 2.11. The highest BCUT2D eigenvalue weighted by molar-refractivity contribution is 6.20. The fourth-order valence-corrected chi connectivity index (χ4v) is 0.337. The van der Waals surface area contributed by atoms with E-state index in [1.54, 1.807) is 0 Å². The van der Waals surface area contributed by atoms with Gasteiger partial charge < -0.3 is 0 Å². The Kier molecular flexibility index (Phi) is 2.91. The van der Waals surface area contributed by atoms with Crippen LogP contribution in [-0.4, -0.2) is 17.7 Å². The summed E-state index contributed by atoms with van der Waals surface area (Å²) >= 11 is 4.34. The van der Waals surface area contributed by atoms with E-state index in [0.717, 1.165) is 0 Å². The molecule has 0 aliphatic rings. The zero-order valence-corrected chi connectivity index (χ0v) is 5.25. The molecule has 0 aromatic rings. The van der Waals surface area contributed by atoms with Crippen molar-refractivity contribution in [1.29, 1.82) is 5.26 Å². The van der Waals surface area contributed by atoms with E-state index < -0.39 is 17.7 Å². The van der Waals surface area contributed by atoms with Gasteiger partial charge in [-0.15, -0.1) is 0 Å². The summed E-state index contributed by atoms with van der Waals surface area (Å²) in [6.45, 7) is 0. The van der Waals surface area contributed by atoms with E-state index in [4.69, 9.17) is 5.26 Å². The van der Waals surface area contributed by atoms with Gasteiger partial charge in [0.2, 0.25) is 5.63 Å². The van der Waals surface area contributed by atoms with Crippen molar-refractivity contribution in [1.82, 2.24) is 0 Å². The highest BCUT2D eigenvalue weighted by Crippen LogP contribution is 2.28. The SMILES string of the molecule is N#CC(F)(C(F)F)C(F)Cl. The Morgan fingerprint density at radius 3 is 1.80 bits per heavy atom. The number of alkyl halides is 5. The Bertz CT molecular complexity index is 144. The first-order chi connectivity index (χ1) is 4.45. The van der Waals surface area contributed by atoms with Crippen LogP contribution in [0.2, 0.25) is 0 Å². The van der Waals surface area contributed by atoms with Gasteiger partial charge in [0.25, 0.3) is 12.1 Å². The Morgan fingerprint density at radius 1 is 1.40 bits per heavy atom. The van der Waals surface area contributed by atoms with Crippen molar-refractivity contribution in [2.75, 3.05) is 0 Å². The van der Waals surface area contributed by atoms with Crippen molar-refractivity contribution in [3.05, 3.63) is 0 Å². The van der Waals surface area contributed by atoms with E-state index in [0.29, 0.717) is 6.07 Å².